The number of sulfonamides is 1. The van der Waals surface area contributed by atoms with Crippen LogP contribution in [0.5, 0.6) is 0 Å². The van der Waals surface area contributed by atoms with Crippen molar-refractivity contribution in [2.75, 3.05) is 4.72 Å². The highest BCUT2D eigenvalue weighted by Crippen LogP contribution is 2.32. The van der Waals surface area contributed by atoms with Crippen LogP contribution in [0.2, 0.25) is 0 Å². The second kappa shape index (κ2) is 6.31. The molecule has 3 rings (SSSR count). The Morgan fingerprint density at radius 2 is 1.72 bits per heavy atom. The van der Waals surface area contributed by atoms with Gasteiger partial charge in [0.2, 0.25) is 0 Å². The van der Waals surface area contributed by atoms with Gasteiger partial charge in [-0.15, -0.1) is 11.3 Å². The predicted octanol–water partition coefficient (Wildman–Crippen LogP) is 4.18. The molecule has 0 bridgehead atoms. The molecule has 5 nitrogen and oxygen atoms in total. The van der Waals surface area contributed by atoms with Crippen LogP contribution in [0.25, 0.3) is 10.7 Å². The number of anilines is 1. The average molecular weight is 376 g/mol. The first-order chi connectivity index (χ1) is 11.7. The van der Waals surface area contributed by atoms with E-state index in [1.165, 1.54) is 0 Å². The number of rotatable bonds is 4. The fourth-order valence-electron chi connectivity index (χ4n) is 2.56. The second-order valence-corrected chi connectivity index (χ2v) is 9.02. The molecule has 1 N–H and O–H groups in total. The Morgan fingerprint density at radius 3 is 2.28 bits per heavy atom. The minimum absolute atomic E-state index is 0.274. The molecule has 0 saturated carbocycles. The van der Waals surface area contributed by atoms with E-state index in [0.717, 1.165) is 26.8 Å². The van der Waals surface area contributed by atoms with E-state index in [9.17, 15) is 8.42 Å². The number of thiazole rings is 1. The fraction of sp³-hybridized carbons (Fsp3) is 0.278. The maximum Gasteiger partial charge on any atom is 0.263 e. The van der Waals surface area contributed by atoms with Gasteiger partial charge in [0.05, 0.1) is 11.4 Å². The molecule has 0 aliphatic rings. The summed E-state index contributed by atoms with van der Waals surface area (Å²) < 4.78 is 30.2. The molecule has 0 atom stereocenters. The molecule has 0 radical (unpaired) electrons. The van der Waals surface area contributed by atoms with Crippen molar-refractivity contribution < 1.29 is 8.42 Å². The van der Waals surface area contributed by atoms with Crippen LogP contribution in [0, 0.1) is 27.7 Å². The van der Waals surface area contributed by atoms with Crippen LogP contribution in [0.15, 0.2) is 35.2 Å². The van der Waals surface area contributed by atoms with Crippen LogP contribution >= 0.6 is 11.3 Å². The number of hydrogen-bond donors (Lipinski definition) is 1. The van der Waals surface area contributed by atoms with Crippen molar-refractivity contribution in [1.82, 2.24) is 9.55 Å². The largest absolute Gasteiger partial charge is 0.345 e. The third-order valence-corrected chi connectivity index (χ3v) is 6.92. The van der Waals surface area contributed by atoms with Gasteiger partial charge in [0.25, 0.3) is 10.0 Å². The van der Waals surface area contributed by atoms with Gasteiger partial charge in [-0.2, -0.15) is 0 Å². The molecule has 25 heavy (non-hydrogen) atoms. The molecule has 0 fully saturated rings. The van der Waals surface area contributed by atoms with Gasteiger partial charge in [-0.1, -0.05) is 17.7 Å². The minimum atomic E-state index is -3.66. The van der Waals surface area contributed by atoms with Gasteiger partial charge >= 0.3 is 0 Å². The molecule has 0 spiro atoms. The van der Waals surface area contributed by atoms with Crippen molar-refractivity contribution in [2.45, 2.75) is 32.6 Å². The zero-order valence-electron chi connectivity index (χ0n) is 14.9. The molecule has 2 aromatic heterocycles. The van der Waals surface area contributed by atoms with E-state index >= 15 is 0 Å². The third-order valence-electron chi connectivity index (χ3n) is 4.33. The quantitative estimate of drug-likeness (QED) is 0.744. The van der Waals surface area contributed by atoms with Crippen LogP contribution in [-0.4, -0.2) is 18.0 Å². The average Bonchev–Trinajstić information content (AvgIpc) is 3.03. The van der Waals surface area contributed by atoms with Crippen molar-refractivity contribution >= 4 is 27.0 Å². The normalized spacial score (nSPS) is 11.7. The lowest BCUT2D eigenvalue weighted by molar-refractivity contribution is 0.600. The maximum absolute atomic E-state index is 12.8. The number of benzene rings is 1. The zero-order valence-corrected chi connectivity index (χ0v) is 16.5. The van der Waals surface area contributed by atoms with Gasteiger partial charge < -0.3 is 4.57 Å². The summed E-state index contributed by atoms with van der Waals surface area (Å²) >= 11 is 1.57. The van der Waals surface area contributed by atoms with Crippen LogP contribution in [0.3, 0.4) is 0 Å². The fourth-order valence-corrected chi connectivity index (χ4v) is 4.88. The maximum atomic E-state index is 12.8. The van der Waals surface area contributed by atoms with Crippen molar-refractivity contribution in [3.05, 3.63) is 52.2 Å². The summed E-state index contributed by atoms with van der Waals surface area (Å²) in [7, 11) is -1.80. The Balaban J connectivity index is 2.02. The minimum Gasteiger partial charge on any atom is -0.345 e. The molecule has 2 heterocycles. The van der Waals surface area contributed by atoms with E-state index in [1.54, 1.807) is 36.5 Å². The standard InChI is InChI=1S/C18H21N3O2S2/c1-11-6-8-15(9-7-11)20-25(22,23)17-10-16(21(5)13(17)3)18-19-12(2)14(4)24-18/h6-10,20H,1-5H3. The van der Waals surface area contributed by atoms with E-state index in [4.69, 9.17) is 0 Å². The van der Waals surface area contributed by atoms with Crippen molar-refractivity contribution in [1.29, 1.82) is 0 Å². The Hall–Kier alpha value is -2.12. The molecule has 0 amide bonds. The van der Waals surface area contributed by atoms with Gasteiger partial charge in [-0.05, 0) is 45.9 Å². The van der Waals surface area contributed by atoms with Gasteiger partial charge in [0, 0.05) is 23.3 Å². The first kappa shape index (κ1) is 17.7. The Kier molecular flexibility index (Phi) is 4.47. The molecule has 7 heteroatoms. The molecule has 0 saturated heterocycles. The summed E-state index contributed by atoms with van der Waals surface area (Å²) in [6.07, 6.45) is 0. The van der Waals surface area contributed by atoms with Crippen LogP contribution in [0.1, 0.15) is 21.8 Å². The first-order valence-electron chi connectivity index (χ1n) is 7.89. The lowest BCUT2D eigenvalue weighted by Gasteiger charge is -2.08. The summed E-state index contributed by atoms with van der Waals surface area (Å²) in [5.74, 6) is 0. The smallest absolute Gasteiger partial charge is 0.263 e. The Bertz CT molecular complexity index is 1010. The number of hydrogen-bond acceptors (Lipinski definition) is 4. The Morgan fingerprint density at radius 1 is 1.08 bits per heavy atom. The van der Waals surface area contributed by atoms with Crippen molar-refractivity contribution in [2.24, 2.45) is 7.05 Å². The first-order valence-corrected chi connectivity index (χ1v) is 10.2. The lowest BCUT2D eigenvalue weighted by atomic mass is 10.2. The van der Waals surface area contributed by atoms with Gasteiger partial charge in [-0.25, -0.2) is 13.4 Å². The second-order valence-electron chi connectivity index (χ2n) is 6.17. The zero-order chi connectivity index (χ0) is 18.4. The molecule has 132 valence electrons. The lowest BCUT2D eigenvalue weighted by Crippen LogP contribution is -2.13. The molecular formula is C18H21N3O2S2. The third kappa shape index (κ3) is 3.34. The number of aryl methyl sites for hydroxylation is 3. The molecule has 1 aromatic carbocycles. The SMILES string of the molecule is Cc1ccc(NS(=O)(=O)c2cc(-c3nc(C)c(C)s3)n(C)c2C)cc1. The highest BCUT2D eigenvalue weighted by Gasteiger charge is 2.23. The molecular weight excluding hydrogens is 354 g/mol. The van der Waals surface area contributed by atoms with E-state index < -0.39 is 10.0 Å². The summed E-state index contributed by atoms with van der Waals surface area (Å²) in [6.45, 7) is 7.75. The monoisotopic (exact) mass is 375 g/mol. The van der Waals surface area contributed by atoms with E-state index in [1.807, 2.05) is 44.5 Å². The summed E-state index contributed by atoms with van der Waals surface area (Å²) in [6, 6.07) is 8.98. The van der Waals surface area contributed by atoms with Crippen LogP contribution in [-0.2, 0) is 17.1 Å². The van der Waals surface area contributed by atoms with Gasteiger partial charge in [0.1, 0.15) is 9.90 Å². The van der Waals surface area contributed by atoms with E-state index in [0.29, 0.717) is 11.4 Å². The molecule has 0 unspecified atom stereocenters. The summed E-state index contributed by atoms with van der Waals surface area (Å²) in [5.41, 5.74) is 4.09. The van der Waals surface area contributed by atoms with Gasteiger partial charge in [0.15, 0.2) is 0 Å². The molecule has 0 aliphatic carbocycles. The van der Waals surface area contributed by atoms with Crippen LogP contribution in [0.4, 0.5) is 5.69 Å². The Labute approximate surface area is 152 Å². The van der Waals surface area contributed by atoms with Crippen molar-refractivity contribution in [3.8, 4) is 10.7 Å². The van der Waals surface area contributed by atoms with E-state index in [2.05, 4.69) is 9.71 Å². The molecule has 0 aliphatic heterocycles. The van der Waals surface area contributed by atoms with Crippen molar-refractivity contribution in [3.63, 3.8) is 0 Å². The highest BCUT2D eigenvalue weighted by molar-refractivity contribution is 7.92. The molecule has 3 aromatic rings. The highest BCUT2D eigenvalue weighted by atomic mass is 32.2. The topological polar surface area (TPSA) is 64.0 Å². The van der Waals surface area contributed by atoms with Crippen LogP contribution < -0.4 is 4.72 Å². The number of nitrogens with one attached hydrogen (secondary N) is 1. The number of nitrogens with zero attached hydrogens (tertiary/aromatic N) is 2. The summed E-state index contributed by atoms with van der Waals surface area (Å²) in [4.78, 5) is 5.96. The van der Waals surface area contributed by atoms with Gasteiger partial charge in [-0.3, -0.25) is 4.72 Å². The summed E-state index contributed by atoms with van der Waals surface area (Å²) in [5, 5.41) is 0.831. The predicted molar refractivity (Wildman–Crippen MR) is 103 cm³/mol. The number of aromatic nitrogens is 2. The van der Waals surface area contributed by atoms with E-state index in [-0.39, 0.29) is 4.90 Å².